The lowest BCUT2D eigenvalue weighted by Gasteiger charge is -2.34. The number of carbonyl (C=O) groups excluding carboxylic acids is 3. The van der Waals surface area contributed by atoms with E-state index in [0.29, 0.717) is 10.7 Å². The Morgan fingerprint density at radius 3 is 2.45 bits per heavy atom. The first-order valence-corrected chi connectivity index (χ1v) is 13.8. The number of halogens is 1. The third kappa shape index (κ3) is 4.31. The van der Waals surface area contributed by atoms with Crippen molar-refractivity contribution in [2.24, 2.45) is 11.8 Å². The molecule has 2 N–H and O–H groups in total. The Balaban J connectivity index is 1.32. The summed E-state index contributed by atoms with van der Waals surface area (Å²) in [7, 11) is 0. The molecule has 2 aromatic rings. The summed E-state index contributed by atoms with van der Waals surface area (Å²) in [5.41, 5.74) is 1.46. The van der Waals surface area contributed by atoms with Crippen LogP contribution in [0.3, 0.4) is 0 Å². The van der Waals surface area contributed by atoms with Crippen molar-refractivity contribution in [3.63, 3.8) is 0 Å². The zero-order chi connectivity index (χ0) is 26.4. The largest absolute Gasteiger partial charge is 0.359 e. The first-order chi connectivity index (χ1) is 18.4. The van der Waals surface area contributed by atoms with E-state index in [1.807, 2.05) is 43.3 Å². The van der Waals surface area contributed by atoms with Crippen LogP contribution in [0, 0.1) is 18.8 Å². The third-order valence-corrected chi connectivity index (χ3v) is 8.71. The Morgan fingerprint density at radius 2 is 1.74 bits per heavy atom. The molecule has 6 rings (SSSR count). The van der Waals surface area contributed by atoms with Crippen LogP contribution in [-0.2, 0) is 25.7 Å². The summed E-state index contributed by atoms with van der Waals surface area (Å²) in [5, 5.41) is 6.72. The molecule has 1 spiro atoms. The number of hydrogen-bond donors (Lipinski definition) is 2. The molecule has 3 aliphatic heterocycles. The van der Waals surface area contributed by atoms with Crippen LogP contribution in [0.5, 0.6) is 0 Å². The number of amides is 3. The molecular formula is C30H32ClN3O4. The molecule has 198 valence electrons. The lowest BCUT2D eigenvalue weighted by Crippen LogP contribution is -2.56. The van der Waals surface area contributed by atoms with Gasteiger partial charge in [0, 0.05) is 23.3 Å². The van der Waals surface area contributed by atoms with Crippen LogP contribution < -0.4 is 10.6 Å². The molecule has 7 nitrogen and oxygen atoms in total. The molecule has 0 radical (unpaired) electrons. The van der Waals surface area contributed by atoms with Gasteiger partial charge in [-0.1, -0.05) is 72.8 Å². The summed E-state index contributed by atoms with van der Waals surface area (Å²) in [5.74, 6) is -2.25. The van der Waals surface area contributed by atoms with Crippen molar-refractivity contribution in [1.82, 2.24) is 10.2 Å². The molecule has 3 fully saturated rings. The van der Waals surface area contributed by atoms with E-state index >= 15 is 0 Å². The second-order valence-corrected chi connectivity index (χ2v) is 11.4. The standard InChI is InChI=1S/C30H32ClN3O4/c1-18-7-9-19(10-8-18)17-34-26(28(36)33-21-5-3-2-4-6-21)30-16-15-23(38-30)24(25(30)29(34)37)27(35)32-22-13-11-20(31)12-14-22/h7-16,21,23-26H,2-6,17H2,1H3,(H,32,35)(H,33,36). The van der Waals surface area contributed by atoms with Gasteiger partial charge in [-0.2, -0.15) is 0 Å². The molecule has 2 aromatic carbocycles. The van der Waals surface area contributed by atoms with Crippen molar-refractivity contribution in [3.8, 4) is 0 Å². The average Bonchev–Trinajstić information content (AvgIpc) is 3.55. The summed E-state index contributed by atoms with van der Waals surface area (Å²) in [6.45, 7) is 2.28. The molecule has 1 aliphatic carbocycles. The van der Waals surface area contributed by atoms with Gasteiger partial charge in [0.2, 0.25) is 17.7 Å². The van der Waals surface area contributed by atoms with E-state index in [1.165, 1.54) is 6.42 Å². The van der Waals surface area contributed by atoms with Crippen LogP contribution in [0.1, 0.15) is 43.2 Å². The summed E-state index contributed by atoms with van der Waals surface area (Å²) < 4.78 is 6.44. The predicted octanol–water partition coefficient (Wildman–Crippen LogP) is 4.39. The maximum atomic E-state index is 14.1. The molecule has 2 saturated heterocycles. The summed E-state index contributed by atoms with van der Waals surface area (Å²) in [6.07, 6.45) is 8.35. The normalized spacial score (nSPS) is 29.9. The van der Waals surface area contributed by atoms with E-state index in [4.69, 9.17) is 16.3 Å². The molecule has 5 atom stereocenters. The minimum atomic E-state index is -1.17. The Hall–Kier alpha value is -3.16. The first kappa shape index (κ1) is 25.1. The van der Waals surface area contributed by atoms with Crippen molar-refractivity contribution in [2.45, 2.75) is 69.4 Å². The number of aryl methyl sites for hydroxylation is 1. The Bertz CT molecular complexity index is 1270. The predicted molar refractivity (Wildman–Crippen MR) is 144 cm³/mol. The van der Waals surface area contributed by atoms with E-state index in [0.717, 1.165) is 36.8 Å². The number of nitrogens with zero attached hydrogens (tertiary/aromatic N) is 1. The highest BCUT2D eigenvalue weighted by Gasteiger charge is 2.72. The van der Waals surface area contributed by atoms with Crippen molar-refractivity contribution < 1.29 is 19.1 Å². The number of carbonyl (C=O) groups is 3. The molecule has 8 heteroatoms. The van der Waals surface area contributed by atoms with Crippen LogP contribution in [-0.4, -0.2) is 46.4 Å². The number of benzene rings is 2. The first-order valence-electron chi connectivity index (χ1n) is 13.5. The molecule has 1 saturated carbocycles. The number of fused-ring (bicyclic) bond motifs is 1. The minimum Gasteiger partial charge on any atom is -0.359 e. The smallest absolute Gasteiger partial charge is 0.246 e. The highest BCUT2D eigenvalue weighted by molar-refractivity contribution is 6.30. The van der Waals surface area contributed by atoms with Crippen molar-refractivity contribution in [3.05, 3.63) is 76.8 Å². The molecule has 3 heterocycles. The van der Waals surface area contributed by atoms with Gasteiger partial charge in [-0.3, -0.25) is 14.4 Å². The number of nitrogens with one attached hydrogen (secondary N) is 2. The van der Waals surface area contributed by atoms with Gasteiger partial charge >= 0.3 is 0 Å². The number of likely N-dealkylation sites (tertiary alicyclic amines) is 1. The highest BCUT2D eigenvalue weighted by atomic mass is 35.5. The Kier molecular flexibility index (Phi) is 6.52. The van der Waals surface area contributed by atoms with Crippen molar-refractivity contribution in [2.75, 3.05) is 5.32 Å². The lowest BCUT2D eigenvalue weighted by atomic mass is 9.74. The average molecular weight is 534 g/mol. The second-order valence-electron chi connectivity index (χ2n) is 11.0. The van der Waals surface area contributed by atoms with Gasteiger partial charge in [-0.25, -0.2) is 0 Å². The fourth-order valence-corrected chi connectivity index (χ4v) is 6.74. The van der Waals surface area contributed by atoms with Gasteiger partial charge < -0.3 is 20.3 Å². The van der Waals surface area contributed by atoms with Crippen LogP contribution in [0.2, 0.25) is 5.02 Å². The SMILES string of the molecule is Cc1ccc(CN2C(=O)C3C(C(=O)Nc4ccc(Cl)cc4)C4C=CC3(O4)C2C(=O)NC2CCCCC2)cc1. The van der Waals surface area contributed by atoms with Gasteiger partial charge in [0.15, 0.2) is 0 Å². The van der Waals surface area contributed by atoms with Crippen LogP contribution in [0.15, 0.2) is 60.7 Å². The zero-order valence-electron chi connectivity index (χ0n) is 21.4. The summed E-state index contributed by atoms with van der Waals surface area (Å²) in [4.78, 5) is 43.2. The lowest BCUT2D eigenvalue weighted by molar-refractivity contribution is -0.142. The van der Waals surface area contributed by atoms with E-state index in [9.17, 15) is 14.4 Å². The quantitative estimate of drug-likeness (QED) is 0.539. The van der Waals surface area contributed by atoms with Gasteiger partial charge in [0.25, 0.3) is 0 Å². The van der Waals surface area contributed by atoms with Gasteiger partial charge in [0.05, 0.1) is 17.9 Å². The topological polar surface area (TPSA) is 87.7 Å². The van der Waals surface area contributed by atoms with Crippen LogP contribution in [0.25, 0.3) is 0 Å². The maximum absolute atomic E-state index is 14.1. The monoisotopic (exact) mass is 533 g/mol. The zero-order valence-corrected chi connectivity index (χ0v) is 22.1. The molecule has 2 bridgehead atoms. The second kappa shape index (κ2) is 9.86. The summed E-state index contributed by atoms with van der Waals surface area (Å²) >= 11 is 5.99. The molecular weight excluding hydrogens is 502 g/mol. The molecule has 0 aromatic heterocycles. The fourth-order valence-electron chi connectivity index (χ4n) is 6.61. The summed E-state index contributed by atoms with van der Waals surface area (Å²) in [6, 6.07) is 14.0. The molecule has 3 amide bonds. The number of hydrogen-bond acceptors (Lipinski definition) is 4. The van der Waals surface area contributed by atoms with Gasteiger partial charge in [0.1, 0.15) is 11.6 Å². The maximum Gasteiger partial charge on any atom is 0.246 e. The molecule has 38 heavy (non-hydrogen) atoms. The molecule has 5 unspecified atom stereocenters. The van der Waals surface area contributed by atoms with E-state index in [-0.39, 0.29) is 30.3 Å². The minimum absolute atomic E-state index is 0.0922. The van der Waals surface area contributed by atoms with Crippen LogP contribution >= 0.6 is 11.6 Å². The number of rotatable bonds is 6. The van der Waals surface area contributed by atoms with Crippen LogP contribution in [0.4, 0.5) is 5.69 Å². The van der Waals surface area contributed by atoms with Gasteiger partial charge in [-0.15, -0.1) is 0 Å². The fraction of sp³-hybridized carbons (Fsp3) is 0.433. The number of ether oxygens (including phenoxy) is 1. The van der Waals surface area contributed by atoms with Crippen molar-refractivity contribution >= 4 is 35.0 Å². The van der Waals surface area contributed by atoms with Gasteiger partial charge in [-0.05, 0) is 49.6 Å². The third-order valence-electron chi connectivity index (χ3n) is 8.46. The van der Waals surface area contributed by atoms with Crippen molar-refractivity contribution in [1.29, 1.82) is 0 Å². The number of anilines is 1. The van der Waals surface area contributed by atoms with E-state index < -0.39 is 29.6 Å². The van der Waals surface area contributed by atoms with E-state index in [2.05, 4.69) is 10.6 Å². The highest BCUT2D eigenvalue weighted by Crippen LogP contribution is 2.55. The Labute approximate surface area is 227 Å². The van der Waals surface area contributed by atoms with E-state index in [1.54, 1.807) is 29.2 Å². The Morgan fingerprint density at radius 1 is 1.03 bits per heavy atom. The molecule has 4 aliphatic rings.